The van der Waals surface area contributed by atoms with Crippen molar-refractivity contribution in [1.29, 1.82) is 0 Å². The van der Waals surface area contributed by atoms with Crippen molar-refractivity contribution in [3.63, 3.8) is 0 Å². The largest absolute Gasteiger partial charge is 0.494 e. The van der Waals surface area contributed by atoms with Gasteiger partial charge in [-0.2, -0.15) is 0 Å². The minimum absolute atomic E-state index is 0.101. The summed E-state index contributed by atoms with van der Waals surface area (Å²) in [5, 5.41) is 10.9. The highest BCUT2D eigenvalue weighted by Crippen LogP contribution is 2.25. The second-order valence-corrected chi connectivity index (χ2v) is 3.34. The second-order valence-electron chi connectivity index (χ2n) is 3.34. The van der Waals surface area contributed by atoms with Crippen LogP contribution in [0.25, 0.3) is 5.76 Å². The maximum absolute atomic E-state index is 11.4. The molecule has 0 spiro atoms. The Bertz CT molecular complexity index is 495. The van der Waals surface area contributed by atoms with E-state index in [1.54, 1.807) is 6.92 Å². The van der Waals surface area contributed by atoms with Gasteiger partial charge in [0.2, 0.25) is 0 Å². The molecule has 1 aromatic rings. The quantitative estimate of drug-likeness (QED) is 0.347. The van der Waals surface area contributed by atoms with Crippen LogP contribution in [0, 0.1) is 10.1 Å². The van der Waals surface area contributed by atoms with Gasteiger partial charge in [0.1, 0.15) is 11.3 Å². The Kier molecular flexibility index (Phi) is 4.42. The lowest BCUT2D eigenvalue weighted by Crippen LogP contribution is -2.06. The van der Waals surface area contributed by atoms with Crippen molar-refractivity contribution in [2.24, 2.45) is 0 Å². The van der Waals surface area contributed by atoms with Gasteiger partial charge in [0.25, 0.3) is 5.69 Å². The van der Waals surface area contributed by atoms with E-state index in [-0.39, 0.29) is 11.3 Å². The fourth-order valence-corrected chi connectivity index (χ4v) is 1.40. The van der Waals surface area contributed by atoms with Crippen molar-refractivity contribution in [1.82, 2.24) is 0 Å². The van der Waals surface area contributed by atoms with E-state index in [1.807, 2.05) is 0 Å². The molecular formula is C12H13NO5. The van der Waals surface area contributed by atoms with Gasteiger partial charge in [0, 0.05) is 11.6 Å². The maximum atomic E-state index is 11.4. The lowest BCUT2D eigenvalue weighted by Gasteiger charge is -2.08. The third kappa shape index (κ3) is 2.85. The van der Waals surface area contributed by atoms with Crippen LogP contribution >= 0.6 is 0 Å². The van der Waals surface area contributed by atoms with Crippen molar-refractivity contribution in [3.8, 4) is 0 Å². The summed E-state index contributed by atoms with van der Waals surface area (Å²) in [4.78, 5) is 21.6. The summed E-state index contributed by atoms with van der Waals surface area (Å²) in [6.07, 6.45) is 0. The molecule has 0 aliphatic carbocycles. The van der Waals surface area contributed by atoms with E-state index in [0.717, 1.165) is 0 Å². The van der Waals surface area contributed by atoms with Gasteiger partial charge in [0.05, 0.1) is 18.6 Å². The number of carbonyl (C=O) groups is 1. The number of rotatable bonds is 5. The predicted molar refractivity (Wildman–Crippen MR) is 65.1 cm³/mol. The Morgan fingerprint density at radius 2 is 2.17 bits per heavy atom. The fraction of sp³-hybridized carbons (Fsp3) is 0.250. The van der Waals surface area contributed by atoms with E-state index in [9.17, 15) is 14.9 Å². The molecule has 0 saturated heterocycles. The van der Waals surface area contributed by atoms with Crippen LogP contribution in [0.3, 0.4) is 0 Å². The van der Waals surface area contributed by atoms with Gasteiger partial charge in [-0.25, -0.2) is 4.79 Å². The van der Waals surface area contributed by atoms with Gasteiger partial charge in [0.15, 0.2) is 0 Å². The van der Waals surface area contributed by atoms with Crippen LogP contribution in [0.5, 0.6) is 0 Å². The molecule has 0 saturated carbocycles. The highest BCUT2D eigenvalue weighted by atomic mass is 16.6. The van der Waals surface area contributed by atoms with Gasteiger partial charge in [-0.05, 0) is 19.1 Å². The second kappa shape index (κ2) is 5.81. The molecule has 18 heavy (non-hydrogen) atoms. The number of ether oxygens (including phenoxy) is 2. The molecule has 0 fully saturated rings. The van der Waals surface area contributed by atoms with Crippen molar-refractivity contribution < 1.29 is 19.2 Å². The molecule has 0 unspecified atom stereocenters. The summed E-state index contributed by atoms with van der Waals surface area (Å²) in [6.45, 7) is 5.84. The summed E-state index contributed by atoms with van der Waals surface area (Å²) in [7, 11) is 1.17. The number of carbonyl (C=O) groups excluding carboxylic acids is 1. The van der Waals surface area contributed by atoms with Crippen molar-refractivity contribution in [2.45, 2.75) is 6.92 Å². The first-order chi connectivity index (χ1) is 8.51. The SMILES string of the molecule is C=C(OCC)c1ccc(C(=O)OC)c([N+](=O)[O-])c1. The first-order valence-electron chi connectivity index (χ1n) is 5.20. The topological polar surface area (TPSA) is 78.7 Å². The highest BCUT2D eigenvalue weighted by Gasteiger charge is 2.21. The predicted octanol–water partition coefficient (Wildman–Crippen LogP) is 2.39. The molecule has 0 heterocycles. The smallest absolute Gasteiger partial charge is 0.344 e. The summed E-state index contributed by atoms with van der Waals surface area (Å²) in [5.41, 5.74) is 0.0203. The van der Waals surface area contributed by atoms with E-state index in [4.69, 9.17) is 4.74 Å². The minimum Gasteiger partial charge on any atom is -0.494 e. The zero-order valence-corrected chi connectivity index (χ0v) is 10.1. The third-order valence-corrected chi connectivity index (χ3v) is 2.24. The zero-order chi connectivity index (χ0) is 13.7. The normalized spacial score (nSPS) is 9.67. The van der Waals surface area contributed by atoms with Gasteiger partial charge in [-0.15, -0.1) is 0 Å². The fourth-order valence-electron chi connectivity index (χ4n) is 1.40. The van der Waals surface area contributed by atoms with Gasteiger partial charge in [-0.3, -0.25) is 10.1 Å². The summed E-state index contributed by atoms with van der Waals surface area (Å²) in [5.74, 6) is -0.438. The highest BCUT2D eigenvalue weighted by molar-refractivity contribution is 5.94. The monoisotopic (exact) mass is 251 g/mol. The first-order valence-corrected chi connectivity index (χ1v) is 5.20. The Balaban J connectivity index is 3.23. The Morgan fingerprint density at radius 1 is 1.50 bits per heavy atom. The van der Waals surface area contributed by atoms with E-state index < -0.39 is 10.9 Å². The molecule has 0 aliphatic rings. The molecule has 0 aliphatic heterocycles. The van der Waals surface area contributed by atoms with Crippen LogP contribution in [0.2, 0.25) is 0 Å². The number of nitro benzene ring substituents is 1. The number of methoxy groups -OCH3 is 1. The number of nitrogens with zero attached hydrogens (tertiary/aromatic N) is 1. The molecule has 0 aromatic heterocycles. The minimum atomic E-state index is -0.754. The molecule has 6 heteroatoms. The van der Waals surface area contributed by atoms with E-state index in [0.29, 0.717) is 17.9 Å². The van der Waals surface area contributed by atoms with E-state index in [2.05, 4.69) is 11.3 Å². The number of esters is 1. The zero-order valence-electron chi connectivity index (χ0n) is 10.1. The first kappa shape index (κ1) is 13.7. The van der Waals surface area contributed by atoms with Crippen LogP contribution in [-0.4, -0.2) is 24.6 Å². The molecule has 1 rings (SSSR count). The lowest BCUT2D eigenvalue weighted by molar-refractivity contribution is -0.385. The average molecular weight is 251 g/mol. The van der Waals surface area contributed by atoms with Gasteiger partial charge in [-0.1, -0.05) is 6.58 Å². The Hall–Kier alpha value is -2.37. The maximum Gasteiger partial charge on any atom is 0.344 e. The van der Waals surface area contributed by atoms with Crippen LogP contribution < -0.4 is 0 Å². The van der Waals surface area contributed by atoms with Crippen molar-refractivity contribution in [3.05, 3.63) is 46.0 Å². The molecule has 0 atom stereocenters. The van der Waals surface area contributed by atoms with Crippen molar-refractivity contribution in [2.75, 3.05) is 13.7 Å². The molecule has 0 amide bonds. The molecule has 0 radical (unpaired) electrons. The van der Waals surface area contributed by atoms with Crippen LogP contribution in [0.1, 0.15) is 22.8 Å². The van der Waals surface area contributed by atoms with Crippen LogP contribution in [0.4, 0.5) is 5.69 Å². The Morgan fingerprint density at radius 3 is 2.67 bits per heavy atom. The Labute approximate surface area is 104 Å². The summed E-state index contributed by atoms with van der Waals surface area (Å²) >= 11 is 0. The summed E-state index contributed by atoms with van der Waals surface area (Å²) in [6, 6.07) is 4.09. The van der Waals surface area contributed by atoms with E-state index >= 15 is 0 Å². The lowest BCUT2D eigenvalue weighted by atomic mass is 10.1. The average Bonchev–Trinajstić information content (AvgIpc) is 2.37. The van der Waals surface area contributed by atoms with Gasteiger partial charge >= 0.3 is 5.97 Å². The molecule has 1 aromatic carbocycles. The van der Waals surface area contributed by atoms with Crippen LogP contribution in [0.15, 0.2) is 24.8 Å². The molecule has 0 bridgehead atoms. The number of benzene rings is 1. The standard InChI is InChI=1S/C12H13NO5/c1-4-18-8(2)9-5-6-10(12(14)17-3)11(7-9)13(15)16/h5-7H,2,4H2,1,3H3. The molecular weight excluding hydrogens is 238 g/mol. The number of hydrogen-bond donors (Lipinski definition) is 0. The molecule has 6 nitrogen and oxygen atoms in total. The third-order valence-electron chi connectivity index (χ3n) is 2.24. The van der Waals surface area contributed by atoms with Gasteiger partial charge < -0.3 is 9.47 Å². The summed E-state index contributed by atoms with van der Waals surface area (Å²) < 4.78 is 9.63. The number of nitro groups is 1. The van der Waals surface area contributed by atoms with Crippen molar-refractivity contribution >= 4 is 17.4 Å². The van der Waals surface area contributed by atoms with E-state index in [1.165, 1.54) is 25.3 Å². The molecule has 96 valence electrons. The van der Waals surface area contributed by atoms with Crippen LogP contribution in [-0.2, 0) is 9.47 Å². The number of hydrogen-bond acceptors (Lipinski definition) is 5. The molecule has 0 N–H and O–H groups in total.